The van der Waals surface area contributed by atoms with Gasteiger partial charge in [-0.15, -0.1) is 0 Å². The van der Waals surface area contributed by atoms with Crippen molar-refractivity contribution in [1.29, 1.82) is 0 Å². The summed E-state index contributed by atoms with van der Waals surface area (Å²) in [5, 5.41) is 0. The number of benzene rings is 2. The number of alkyl halides is 1. The van der Waals surface area contributed by atoms with Crippen LogP contribution in [0.15, 0.2) is 42.5 Å². The molecule has 4 rings (SSSR count). The molecule has 0 spiro atoms. The van der Waals surface area contributed by atoms with Crippen LogP contribution in [0.4, 0.5) is 8.78 Å². The number of hydrogen-bond acceptors (Lipinski definition) is 4. The molecule has 194 valence electrons. The van der Waals surface area contributed by atoms with E-state index in [4.69, 9.17) is 10.5 Å². The second kappa shape index (κ2) is 10.9. The van der Waals surface area contributed by atoms with Gasteiger partial charge in [0.25, 0.3) is 5.91 Å². The summed E-state index contributed by atoms with van der Waals surface area (Å²) in [4.78, 5) is 28.7. The maximum atomic E-state index is 15.2. The number of primary amides is 1. The largest absolute Gasteiger partial charge is 0.493 e. The maximum Gasteiger partial charge on any atom is 0.255 e. The number of carbonyl (C=O) groups is 2. The number of nitrogens with two attached hydrogens (primary N) is 1. The number of amides is 2. The van der Waals surface area contributed by atoms with Crippen molar-refractivity contribution in [1.82, 2.24) is 9.80 Å². The van der Waals surface area contributed by atoms with E-state index >= 15 is 4.39 Å². The van der Waals surface area contributed by atoms with Crippen LogP contribution in [0.1, 0.15) is 49.9 Å². The molecule has 6 nitrogen and oxygen atoms in total. The van der Waals surface area contributed by atoms with Crippen molar-refractivity contribution in [3.63, 3.8) is 0 Å². The second-order valence-electron chi connectivity index (χ2n) is 10.5. The molecule has 0 saturated carbocycles. The number of nitrogens with zero attached hydrogens (tertiary/aromatic N) is 2. The molecule has 0 unspecified atom stereocenters. The summed E-state index contributed by atoms with van der Waals surface area (Å²) >= 11 is 0. The Morgan fingerprint density at radius 3 is 2.44 bits per heavy atom. The minimum absolute atomic E-state index is 0.295. The lowest BCUT2D eigenvalue weighted by Crippen LogP contribution is -2.43. The van der Waals surface area contributed by atoms with E-state index in [1.165, 1.54) is 11.0 Å². The molecule has 2 aliphatic heterocycles. The van der Waals surface area contributed by atoms with Crippen LogP contribution in [-0.2, 0) is 4.79 Å². The van der Waals surface area contributed by atoms with Crippen LogP contribution in [-0.4, -0.2) is 66.1 Å². The number of carbonyl (C=O) groups excluding carboxylic acids is 2. The van der Waals surface area contributed by atoms with Gasteiger partial charge in [-0.05, 0) is 82.3 Å². The summed E-state index contributed by atoms with van der Waals surface area (Å²) < 4.78 is 35.0. The van der Waals surface area contributed by atoms with Gasteiger partial charge in [0.1, 0.15) is 23.3 Å². The third-order valence-corrected chi connectivity index (χ3v) is 7.02. The average molecular weight is 500 g/mol. The summed E-state index contributed by atoms with van der Waals surface area (Å²) in [5.74, 6) is -0.567. The van der Waals surface area contributed by atoms with Crippen molar-refractivity contribution in [3.8, 4) is 16.9 Å². The third kappa shape index (κ3) is 6.22. The third-order valence-electron chi connectivity index (χ3n) is 7.02. The topological polar surface area (TPSA) is 75.9 Å². The van der Waals surface area contributed by atoms with E-state index in [0.29, 0.717) is 60.9 Å². The van der Waals surface area contributed by atoms with Gasteiger partial charge in [0.05, 0.1) is 6.61 Å². The van der Waals surface area contributed by atoms with E-state index in [1.807, 2.05) is 0 Å². The Hall–Kier alpha value is -3.00. The Morgan fingerprint density at radius 2 is 1.78 bits per heavy atom. The molecule has 2 aliphatic rings. The highest BCUT2D eigenvalue weighted by molar-refractivity contribution is 6.03. The Balaban J connectivity index is 1.42. The molecule has 2 fully saturated rings. The zero-order valence-electron chi connectivity index (χ0n) is 21.0. The van der Waals surface area contributed by atoms with Gasteiger partial charge in [-0.25, -0.2) is 8.78 Å². The quantitative estimate of drug-likeness (QED) is 0.583. The molecule has 0 bridgehead atoms. The standard InChI is InChI=1S/C28H35F2N3O3/c1-28(2,30)18-32-14-11-19(12-15-32)17-36-20-9-10-22(24(29)16-20)21-6-3-4-7-23(21)27(35)33-13-5-8-25(33)26(31)34/h3-4,6-7,9-10,16,19,25H,5,8,11-15,17-18H2,1-2H3,(H2,31,34)/t25-/m0/s1. The van der Waals surface area contributed by atoms with Gasteiger partial charge < -0.3 is 20.3 Å². The molecule has 2 amide bonds. The molecule has 2 aromatic rings. The van der Waals surface area contributed by atoms with E-state index in [9.17, 15) is 14.0 Å². The predicted molar refractivity (Wildman–Crippen MR) is 135 cm³/mol. The Kier molecular flexibility index (Phi) is 7.93. The van der Waals surface area contributed by atoms with Crippen LogP contribution in [0.3, 0.4) is 0 Å². The number of rotatable bonds is 8. The SMILES string of the molecule is CC(C)(F)CN1CCC(COc2ccc(-c3ccccc3C(=O)N3CCC[C@H]3C(N)=O)c(F)c2)CC1. The monoisotopic (exact) mass is 499 g/mol. The fourth-order valence-corrected chi connectivity index (χ4v) is 5.23. The lowest BCUT2D eigenvalue weighted by Gasteiger charge is -2.34. The van der Waals surface area contributed by atoms with Crippen molar-refractivity contribution in [2.75, 3.05) is 32.8 Å². The van der Waals surface area contributed by atoms with Crippen molar-refractivity contribution >= 4 is 11.8 Å². The van der Waals surface area contributed by atoms with Gasteiger partial charge in [0, 0.05) is 30.3 Å². The highest BCUT2D eigenvalue weighted by Crippen LogP contribution is 2.32. The lowest BCUT2D eigenvalue weighted by molar-refractivity contribution is -0.121. The predicted octanol–water partition coefficient (Wildman–Crippen LogP) is 4.42. The molecule has 0 radical (unpaired) electrons. The summed E-state index contributed by atoms with van der Waals surface area (Å²) in [5.41, 5.74) is 5.37. The lowest BCUT2D eigenvalue weighted by atomic mass is 9.96. The molecule has 2 saturated heterocycles. The van der Waals surface area contributed by atoms with Crippen LogP contribution in [0.5, 0.6) is 5.75 Å². The summed E-state index contributed by atoms with van der Waals surface area (Å²) in [6, 6.07) is 10.9. The summed E-state index contributed by atoms with van der Waals surface area (Å²) in [6.45, 7) is 6.20. The van der Waals surface area contributed by atoms with Crippen molar-refractivity contribution < 1.29 is 23.1 Å². The van der Waals surface area contributed by atoms with Gasteiger partial charge in [-0.3, -0.25) is 9.59 Å². The van der Waals surface area contributed by atoms with Crippen molar-refractivity contribution in [2.24, 2.45) is 11.7 Å². The Labute approximate surface area is 211 Å². The molecular weight excluding hydrogens is 464 g/mol. The summed E-state index contributed by atoms with van der Waals surface area (Å²) in [7, 11) is 0. The van der Waals surface area contributed by atoms with E-state index in [1.54, 1.807) is 50.2 Å². The van der Waals surface area contributed by atoms with Gasteiger partial charge in [0.15, 0.2) is 0 Å². The fraction of sp³-hybridized carbons (Fsp3) is 0.500. The molecule has 0 aliphatic carbocycles. The van der Waals surface area contributed by atoms with Gasteiger partial charge in [-0.2, -0.15) is 0 Å². The van der Waals surface area contributed by atoms with Crippen LogP contribution < -0.4 is 10.5 Å². The van der Waals surface area contributed by atoms with Gasteiger partial charge >= 0.3 is 0 Å². The molecule has 2 N–H and O–H groups in total. The highest BCUT2D eigenvalue weighted by atomic mass is 19.1. The molecular formula is C28H35F2N3O3. The number of piperidine rings is 1. The normalized spacial score (nSPS) is 19.4. The van der Waals surface area contributed by atoms with E-state index < -0.39 is 23.4 Å². The minimum Gasteiger partial charge on any atom is -0.493 e. The van der Waals surface area contributed by atoms with Gasteiger partial charge in [0.2, 0.25) is 5.91 Å². The smallest absolute Gasteiger partial charge is 0.255 e. The number of hydrogen-bond donors (Lipinski definition) is 1. The molecule has 8 heteroatoms. The molecule has 36 heavy (non-hydrogen) atoms. The number of halogens is 2. The average Bonchev–Trinajstić information content (AvgIpc) is 3.33. The first-order valence-electron chi connectivity index (χ1n) is 12.7. The Morgan fingerprint density at radius 1 is 1.06 bits per heavy atom. The minimum atomic E-state index is -1.20. The molecule has 1 atom stereocenters. The first-order valence-corrected chi connectivity index (χ1v) is 12.7. The molecule has 2 heterocycles. The fourth-order valence-electron chi connectivity index (χ4n) is 5.23. The molecule has 0 aromatic heterocycles. The maximum absolute atomic E-state index is 15.2. The zero-order valence-corrected chi connectivity index (χ0v) is 21.0. The summed E-state index contributed by atoms with van der Waals surface area (Å²) in [6.07, 6.45) is 3.06. The van der Waals surface area contributed by atoms with Crippen LogP contribution in [0.25, 0.3) is 11.1 Å². The van der Waals surface area contributed by atoms with Crippen molar-refractivity contribution in [3.05, 3.63) is 53.8 Å². The second-order valence-corrected chi connectivity index (χ2v) is 10.5. The first-order chi connectivity index (χ1) is 17.1. The number of ether oxygens (including phenoxy) is 1. The van der Waals surface area contributed by atoms with E-state index in [0.717, 1.165) is 25.9 Å². The highest BCUT2D eigenvalue weighted by Gasteiger charge is 2.34. The van der Waals surface area contributed by atoms with Crippen LogP contribution >= 0.6 is 0 Å². The van der Waals surface area contributed by atoms with Crippen molar-refractivity contribution in [2.45, 2.75) is 51.2 Å². The van der Waals surface area contributed by atoms with E-state index in [2.05, 4.69) is 4.90 Å². The van der Waals surface area contributed by atoms with Crippen LogP contribution in [0, 0.1) is 11.7 Å². The van der Waals surface area contributed by atoms with Gasteiger partial charge in [-0.1, -0.05) is 18.2 Å². The van der Waals surface area contributed by atoms with Crippen LogP contribution in [0.2, 0.25) is 0 Å². The van der Waals surface area contributed by atoms with E-state index in [-0.39, 0.29) is 5.91 Å². The molecule has 2 aromatic carbocycles. The number of likely N-dealkylation sites (tertiary alicyclic amines) is 2. The first kappa shape index (κ1) is 26.1. The Bertz CT molecular complexity index is 1090. The zero-order chi connectivity index (χ0) is 25.9.